The number of aryl methyl sites for hydroxylation is 1. The largest absolute Gasteiger partial charge is 0.370 e. The van der Waals surface area contributed by atoms with Crippen molar-refractivity contribution < 1.29 is 4.79 Å². The van der Waals surface area contributed by atoms with E-state index in [9.17, 15) is 4.79 Å². The monoisotopic (exact) mass is 324 g/mol. The molecule has 0 spiro atoms. The van der Waals surface area contributed by atoms with Crippen molar-refractivity contribution in [2.75, 3.05) is 11.9 Å². The molecular formula is C14H17ClN4OS. The number of rotatable bonds is 5. The highest BCUT2D eigenvalue weighted by Gasteiger charge is 2.18. The molecule has 0 aliphatic carbocycles. The highest BCUT2D eigenvalue weighted by Crippen LogP contribution is 2.21. The topological polar surface area (TPSA) is 66.9 Å². The first-order valence-electron chi connectivity index (χ1n) is 6.65. The molecule has 1 unspecified atom stereocenters. The van der Waals surface area contributed by atoms with Crippen molar-refractivity contribution in [3.63, 3.8) is 0 Å². The Balaban J connectivity index is 2.14. The first-order valence-corrected chi connectivity index (χ1v) is 7.84. The predicted molar refractivity (Wildman–Crippen MR) is 86.1 cm³/mol. The molecule has 0 aromatic carbocycles. The number of anilines is 1. The van der Waals surface area contributed by atoms with E-state index in [1.807, 2.05) is 20.8 Å². The van der Waals surface area contributed by atoms with Crippen molar-refractivity contribution in [3.05, 3.63) is 38.9 Å². The number of carbonyl (C=O) groups excluding carboxylic acids is 1. The molecule has 5 nitrogen and oxygen atoms in total. The van der Waals surface area contributed by atoms with E-state index in [0.29, 0.717) is 10.8 Å². The van der Waals surface area contributed by atoms with Gasteiger partial charge in [0.15, 0.2) is 0 Å². The smallest absolute Gasteiger partial charge is 0.272 e. The van der Waals surface area contributed by atoms with Gasteiger partial charge in [0.05, 0.1) is 11.1 Å². The van der Waals surface area contributed by atoms with Gasteiger partial charge < -0.3 is 10.6 Å². The normalized spacial score (nSPS) is 12.0. The Kier molecular flexibility index (Phi) is 5.14. The Morgan fingerprint density at radius 2 is 2.24 bits per heavy atom. The van der Waals surface area contributed by atoms with Crippen molar-refractivity contribution in [3.8, 4) is 0 Å². The second kappa shape index (κ2) is 6.87. The fourth-order valence-corrected chi connectivity index (χ4v) is 2.75. The molecule has 2 rings (SSSR count). The number of nitrogens with one attached hydrogen (secondary N) is 2. The molecular weight excluding hydrogens is 308 g/mol. The van der Waals surface area contributed by atoms with Crippen LogP contribution in [0.2, 0.25) is 5.02 Å². The highest BCUT2D eigenvalue weighted by molar-refractivity contribution is 7.11. The maximum atomic E-state index is 12.3. The minimum Gasteiger partial charge on any atom is -0.370 e. The van der Waals surface area contributed by atoms with Gasteiger partial charge in [0.1, 0.15) is 16.5 Å². The zero-order valence-electron chi connectivity index (χ0n) is 12.1. The summed E-state index contributed by atoms with van der Waals surface area (Å²) >= 11 is 7.62. The Morgan fingerprint density at radius 3 is 2.86 bits per heavy atom. The number of carbonyl (C=O) groups is 1. The number of halogens is 1. The number of nitrogens with zero attached hydrogens (tertiary/aromatic N) is 2. The van der Waals surface area contributed by atoms with Crippen LogP contribution in [0.1, 0.15) is 40.3 Å². The van der Waals surface area contributed by atoms with Crippen molar-refractivity contribution >= 4 is 34.7 Å². The third-order valence-electron chi connectivity index (χ3n) is 2.78. The van der Waals surface area contributed by atoms with Crippen molar-refractivity contribution in [1.82, 2.24) is 15.3 Å². The van der Waals surface area contributed by atoms with Crippen LogP contribution in [-0.2, 0) is 0 Å². The van der Waals surface area contributed by atoms with Crippen LogP contribution in [0.25, 0.3) is 0 Å². The molecule has 112 valence electrons. The van der Waals surface area contributed by atoms with Crippen LogP contribution in [0.15, 0.2) is 18.3 Å². The van der Waals surface area contributed by atoms with E-state index >= 15 is 0 Å². The lowest BCUT2D eigenvalue weighted by Gasteiger charge is -2.12. The summed E-state index contributed by atoms with van der Waals surface area (Å²) in [4.78, 5) is 21.9. The van der Waals surface area contributed by atoms with Crippen LogP contribution in [-0.4, -0.2) is 22.4 Å². The Bertz CT molecular complexity index is 644. The molecule has 1 atom stereocenters. The van der Waals surface area contributed by atoms with Gasteiger partial charge in [-0.3, -0.25) is 4.79 Å². The lowest BCUT2D eigenvalue weighted by Crippen LogP contribution is -2.27. The first-order chi connectivity index (χ1) is 10.0. The predicted octanol–water partition coefficient (Wildman–Crippen LogP) is 3.42. The Morgan fingerprint density at radius 1 is 1.48 bits per heavy atom. The summed E-state index contributed by atoms with van der Waals surface area (Å²) in [6, 6.07) is 3.23. The van der Waals surface area contributed by atoms with Gasteiger partial charge in [0.2, 0.25) is 0 Å². The van der Waals surface area contributed by atoms with E-state index in [2.05, 4.69) is 20.6 Å². The zero-order chi connectivity index (χ0) is 15.4. The Hall–Kier alpha value is -1.66. The maximum Gasteiger partial charge on any atom is 0.272 e. The number of pyridine rings is 1. The summed E-state index contributed by atoms with van der Waals surface area (Å²) in [5.74, 6) is 0.324. The van der Waals surface area contributed by atoms with E-state index in [-0.39, 0.29) is 17.6 Å². The number of hydrogen-bond donors (Lipinski definition) is 2. The summed E-state index contributed by atoms with van der Waals surface area (Å²) in [5.41, 5.74) is 0.218. The second-order valence-electron chi connectivity index (χ2n) is 4.56. The molecule has 0 aliphatic rings. The number of aromatic nitrogens is 2. The molecule has 2 N–H and O–H groups in total. The minimum atomic E-state index is -0.305. The van der Waals surface area contributed by atoms with E-state index in [1.165, 1.54) is 0 Å². The fraction of sp³-hybridized carbons (Fsp3) is 0.357. The zero-order valence-corrected chi connectivity index (χ0v) is 13.7. The van der Waals surface area contributed by atoms with E-state index in [4.69, 9.17) is 11.6 Å². The minimum absolute atomic E-state index is 0.183. The average molecular weight is 325 g/mol. The molecule has 0 fully saturated rings. The SMILES string of the molecule is CCNc1ccc(Cl)c(C(=O)NC(C)c2ncc(C)s2)n1. The van der Waals surface area contributed by atoms with Crippen molar-refractivity contribution in [2.24, 2.45) is 0 Å². The van der Waals surface area contributed by atoms with Crippen LogP contribution >= 0.6 is 22.9 Å². The highest BCUT2D eigenvalue weighted by atomic mass is 35.5. The summed E-state index contributed by atoms with van der Waals surface area (Å²) in [6.07, 6.45) is 1.79. The quantitative estimate of drug-likeness (QED) is 0.884. The van der Waals surface area contributed by atoms with Crippen LogP contribution in [0.5, 0.6) is 0 Å². The van der Waals surface area contributed by atoms with Gasteiger partial charge in [-0.1, -0.05) is 11.6 Å². The molecule has 1 amide bonds. The molecule has 0 bridgehead atoms. The van der Waals surface area contributed by atoms with Crippen LogP contribution in [0, 0.1) is 6.92 Å². The third kappa shape index (κ3) is 3.92. The van der Waals surface area contributed by atoms with Crippen molar-refractivity contribution in [2.45, 2.75) is 26.8 Å². The van der Waals surface area contributed by atoms with Gasteiger partial charge in [-0.15, -0.1) is 11.3 Å². The van der Waals surface area contributed by atoms with Crippen LogP contribution in [0.3, 0.4) is 0 Å². The summed E-state index contributed by atoms with van der Waals surface area (Å²) in [6.45, 7) is 6.56. The molecule has 2 heterocycles. The molecule has 7 heteroatoms. The molecule has 0 saturated carbocycles. The fourth-order valence-electron chi connectivity index (χ4n) is 1.78. The van der Waals surface area contributed by atoms with E-state index in [1.54, 1.807) is 29.7 Å². The Labute approximate surface area is 132 Å². The first kappa shape index (κ1) is 15.7. The summed E-state index contributed by atoms with van der Waals surface area (Å²) in [5, 5.41) is 7.12. The average Bonchev–Trinajstić information content (AvgIpc) is 2.88. The third-order valence-corrected chi connectivity index (χ3v) is 4.18. The van der Waals surface area contributed by atoms with Gasteiger partial charge in [-0.25, -0.2) is 9.97 Å². The van der Waals surface area contributed by atoms with Gasteiger partial charge in [0, 0.05) is 17.6 Å². The van der Waals surface area contributed by atoms with E-state index < -0.39 is 0 Å². The van der Waals surface area contributed by atoms with Gasteiger partial charge in [0.25, 0.3) is 5.91 Å². The lowest BCUT2D eigenvalue weighted by molar-refractivity contribution is 0.0935. The molecule has 0 radical (unpaired) electrons. The van der Waals surface area contributed by atoms with Crippen molar-refractivity contribution in [1.29, 1.82) is 0 Å². The second-order valence-corrected chi connectivity index (χ2v) is 6.24. The molecule has 0 aliphatic heterocycles. The van der Waals surface area contributed by atoms with E-state index in [0.717, 1.165) is 16.4 Å². The van der Waals surface area contributed by atoms with Crippen LogP contribution < -0.4 is 10.6 Å². The molecule has 0 saturated heterocycles. The van der Waals surface area contributed by atoms with Gasteiger partial charge in [-0.05, 0) is 32.9 Å². The summed E-state index contributed by atoms with van der Waals surface area (Å²) < 4.78 is 0. The maximum absolute atomic E-state index is 12.3. The number of thiazole rings is 1. The number of hydrogen-bond acceptors (Lipinski definition) is 5. The molecule has 21 heavy (non-hydrogen) atoms. The van der Waals surface area contributed by atoms with Crippen LogP contribution in [0.4, 0.5) is 5.82 Å². The standard InChI is InChI=1S/C14H17ClN4OS/c1-4-16-11-6-5-10(15)12(19-11)13(20)18-9(3)14-17-7-8(2)21-14/h5-7,9H,4H2,1-3H3,(H,16,19)(H,18,20). The van der Waals surface area contributed by atoms with Gasteiger partial charge in [-0.2, -0.15) is 0 Å². The number of amides is 1. The lowest BCUT2D eigenvalue weighted by atomic mass is 10.3. The van der Waals surface area contributed by atoms with Gasteiger partial charge >= 0.3 is 0 Å². The molecule has 2 aromatic rings. The summed E-state index contributed by atoms with van der Waals surface area (Å²) in [7, 11) is 0. The molecule has 2 aromatic heterocycles.